The molecular formula is C18H15ClN4S. The maximum Gasteiger partial charge on any atom is 0.206 e. The third-order valence-corrected chi connectivity index (χ3v) is 4.29. The molecule has 3 rings (SSSR count). The van der Waals surface area contributed by atoms with Crippen LogP contribution in [0.15, 0.2) is 76.9 Å². The van der Waals surface area contributed by atoms with Crippen molar-refractivity contribution in [2.24, 2.45) is 10.1 Å². The largest absolute Gasteiger partial charge is 0.264 e. The van der Waals surface area contributed by atoms with Crippen LogP contribution in [-0.4, -0.2) is 22.4 Å². The summed E-state index contributed by atoms with van der Waals surface area (Å²) in [5.74, 6) is 0. The third kappa shape index (κ3) is 3.88. The Bertz CT molecular complexity index is 908. The molecule has 0 fully saturated rings. The molecule has 0 saturated carbocycles. The highest BCUT2D eigenvalue weighted by Gasteiger charge is 2.07. The van der Waals surface area contributed by atoms with Crippen molar-refractivity contribution in [3.05, 3.63) is 82.2 Å². The van der Waals surface area contributed by atoms with E-state index in [1.807, 2.05) is 46.5 Å². The Morgan fingerprint density at radius 3 is 2.79 bits per heavy atom. The highest BCUT2D eigenvalue weighted by molar-refractivity contribution is 7.07. The molecule has 0 unspecified atom stereocenters. The van der Waals surface area contributed by atoms with Crippen molar-refractivity contribution in [2.45, 2.75) is 0 Å². The summed E-state index contributed by atoms with van der Waals surface area (Å²) in [5, 5.41) is 7.33. The van der Waals surface area contributed by atoms with Gasteiger partial charge in [-0.1, -0.05) is 35.9 Å². The minimum Gasteiger partial charge on any atom is -0.264 e. The summed E-state index contributed by atoms with van der Waals surface area (Å²) in [7, 11) is 0. The molecule has 120 valence electrons. The Balaban J connectivity index is 2.06. The molecule has 0 N–H and O–H groups in total. The smallest absolute Gasteiger partial charge is 0.206 e. The van der Waals surface area contributed by atoms with Crippen LogP contribution in [0.1, 0.15) is 5.56 Å². The van der Waals surface area contributed by atoms with Crippen LogP contribution in [0.5, 0.6) is 0 Å². The molecule has 0 aliphatic rings. The number of benzene rings is 1. The number of halogens is 1. The van der Waals surface area contributed by atoms with Gasteiger partial charge in [0.1, 0.15) is 0 Å². The summed E-state index contributed by atoms with van der Waals surface area (Å²) >= 11 is 7.52. The first-order valence-corrected chi connectivity index (χ1v) is 8.56. The summed E-state index contributed by atoms with van der Waals surface area (Å²) in [5.41, 5.74) is 2.91. The van der Waals surface area contributed by atoms with Crippen LogP contribution in [0, 0.1) is 0 Å². The number of rotatable bonds is 5. The first-order valence-electron chi connectivity index (χ1n) is 7.30. The molecule has 1 aromatic carbocycles. The number of thiazole rings is 1. The fourth-order valence-electron chi connectivity index (χ4n) is 2.06. The molecule has 0 saturated heterocycles. The van der Waals surface area contributed by atoms with Gasteiger partial charge in [0.25, 0.3) is 0 Å². The molecule has 4 nitrogen and oxygen atoms in total. The highest BCUT2D eigenvalue weighted by atomic mass is 35.5. The van der Waals surface area contributed by atoms with E-state index in [1.165, 1.54) is 11.3 Å². The van der Waals surface area contributed by atoms with E-state index in [2.05, 4.69) is 21.7 Å². The summed E-state index contributed by atoms with van der Waals surface area (Å²) in [6.07, 6.45) is 7.03. The van der Waals surface area contributed by atoms with Gasteiger partial charge in [-0.15, -0.1) is 17.9 Å². The molecule has 0 bridgehead atoms. The minimum atomic E-state index is 0.545. The number of pyridine rings is 1. The number of hydrogen-bond donors (Lipinski definition) is 0. The molecule has 3 aromatic rings. The number of aromatic nitrogens is 2. The molecule has 6 heteroatoms. The van der Waals surface area contributed by atoms with E-state index >= 15 is 0 Å². The Hall–Kier alpha value is -2.50. The summed E-state index contributed by atoms with van der Waals surface area (Å²) < 4.78 is 1.82. The zero-order valence-electron chi connectivity index (χ0n) is 12.8. The first kappa shape index (κ1) is 16.4. The van der Waals surface area contributed by atoms with Crippen LogP contribution in [0.4, 0.5) is 0 Å². The lowest BCUT2D eigenvalue weighted by atomic mass is 10.2. The molecule has 0 aliphatic heterocycles. The molecule has 24 heavy (non-hydrogen) atoms. The number of nitrogens with zero attached hydrogens (tertiary/aromatic N) is 4. The standard InChI is InChI=1S/C18H15ClN4S/c1-2-9-21-18-23(22-12-14-4-3-10-20-11-14)17(13-24-18)15-5-7-16(19)8-6-15/h2-8,10-13H,1,9H2/b21-18?,22-12-. The Morgan fingerprint density at radius 1 is 1.25 bits per heavy atom. The molecule has 2 aromatic heterocycles. The molecule has 0 aliphatic carbocycles. The van der Waals surface area contributed by atoms with Crippen LogP contribution in [0.3, 0.4) is 0 Å². The predicted octanol–water partition coefficient (Wildman–Crippen LogP) is 4.23. The zero-order valence-corrected chi connectivity index (χ0v) is 14.4. The summed E-state index contributed by atoms with van der Waals surface area (Å²) in [6, 6.07) is 11.5. The fourth-order valence-corrected chi connectivity index (χ4v) is 3.03. The van der Waals surface area contributed by atoms with Crippen molar-refractivity contribution in [3.8, 4) is 11.3 Å². The monoisotopic (exact) mass is 354 g/mol. The van der Waals surface area contributed by atoms with Gasteiger partial charge >= 0.3 is 0 Å². The van der Waals surface area contributed by atoms with Crippen LogP contribution < -0.4 is 4.80 Å². The lowest BCUT2D eigenvalue weighted by Crippen LogP contribution is -2.12. The molecule has 0 radical (unpaired) electrons. The highest BCUT2D eigenvalue weighted by Crippen LogP contribution is 2.22. The van der Waals surface area contributed by atoms with Crippen molar-refractivity contribution < 1.29 is 0 Å². The average Bonchev–Trinajstić information content (AvgIpc) is 3.02. The van der Waals surface area contributed by atoms with Crippen molar-refractivity contribution >= 4 is 29.2 Å². The second kappa shape index (κ2) is 7.86. The molecule has 2 heterocycles. The second-order valence-electron chi connectivity index (χ2n) is 4.88. The predicted molar refractivity (Wildman–Crippen MR) is 101 cm³/mol. The molecule has 0 atom stereocenters. The SMILES string of the molecule is C=CCN=c1scc(-c2ccc(Cl)cc2)n1/N=C\c1cccnc1. The van der Waals surface area contributed by atoms with E-state index in [4.69, 9.17) is 11.6 Å². The maximum atomic E-state index is 5.98. The fraction of sp³-hybridized carbons (Fsp3) is 0.0556. The van der Waals surface area contributed by atoms with E-state index in [1.54, 1.807) is 24.7 Å². The van der Waals surface area contributed by atoms with E-state index in [-0.39, 0.29) is 0 Å². The van der Waals surface area contributed by atoms with Gasteiger partial charge in [0.05, 0.1) is 18.5 Å². The first-order chi connectivity index (χ1) is 11.8. The summed E-state index contributed by atoms with van der Waals surface area (Å²) in [6.45, 7) is 4.26. The Morgan fingerprint density at radius 2 is 2.08 bits per heavy atom. The summed E-state index contributed by atoms with van der Waals surface area (Å²) in [4.78, 5) is 9.41. The van der Waals surface area contributed by atoms with Crippen molar-refractivity contribution in [2.75, 3.05) is 6.54 Å². The maximum absolute atomic E-state index is 5.98. The van der Waals surface area contributed by atoms with Gasteiger partial charge in [0.2, 0.25) is 4.80 Å². The van der Waals surface area contributed by atoms with Gasteiger partial charge < -0.3 is 0 Å². The minimum absolute atomic E-state index is 0.545. The van der Waals surface area contributed by atoms with Gasteiger partial charge in [-0.2, -0.15) is 5.10 Å². The number of hydrogen-bond acceptors (Lipinski definition) is 4. The molecule has 0 amide bonds. The topological polar surface area (TPSA) is 42.5 Å². The van der Waals surface area contributed by atoms with E-state index in [9.17, 15) is 0 Å². The zero-order chi connectivity index (χ0) is 16.8. The van der Waals surface area contributed by atoms with Crippen LogP contribution in [-0.2, 0) is 0 Å². The van der Waals surface area contributed by atoms with E-state index < -0.39 is 0 Å². The van der Waals surface area contributed by atoms with Crippen LogP contribution in [0.2, 0.25) is 5.02 Å². The van der Waals surface area contributed by atoms with Gasteiger partial charge in [-0.05, 0) is 18.2 Å². The van der Waals surface area contributed by atoms with Crippen LogP contribution >= 0.6 is 22.9 Å². The van der Waals surface area contributed by atoms with Gasteiger partial charge in [0.15, 0.2) is 0 Å². The lowest BCUT2D eigenvalue weighted by Gasteiger charge is -2.03. The van der Waals surface area contributed by atoms with Gasteiger partial charge in [0, 0.05) is 33.9 Å². The Labute approximate surface area is 149 Å². The molecule has 0 spiro atoms. The molecular weight excluding hydrogens is 340 g/mol. The third-order valence-electron chi connectivity index (χ3n) is 3.19. The average molecular weight is 355 g/mol. The van der Waals surface area contributed by atoms with Crippen LogP contribution in [0.25, 0.3) is 11.3 Å². The Kier molecular flexibility index (Phi) is 5.36. The van der Waals surface area contributed by atoms with E-state index in [0.29, 0.717) is 11.6 Å². The van der Waals surface area contributed by atoms with Gasteiger partial charge in [-0.25, -0.2) is 4.68 Å². The van der Waals surface area contributed by atoms with Crippen molar-refractivity contribution in [1.82, 2.24) is 9.66 Å². The van der Waals surface area contributed by atoms with Crippen molar-refractivity contribution in [3.63, 3.8) is 0 Å². The second-order valence-corrected chi connectivity index (χ2v) is 6.16. The lowest BCUT2D eigenvalue weighted by molar-refractivity contribution is 0.840. The normalized spacial score (nSPS) is 12.0. The van der Waals surface area contributed by atoms with Crippen molar-refractivity contribution in [1.29, 1.82) is 0 Å². The quantitative estimate of drug-likeness (QED) is 0.499. The van der Waals surface area contributed by atoms with Gasteiger partial charge in [-0.3, -0.25) is 9.98 Å². The van der Waals surface area contributed by atoms with E-state index in [0.717, 1.165) is 21.6 Å².